The molecule has 0 amide bonds. The van der Waals surface area contributed by atoms with E-state index in [2.05, 4.69) is 37.7 Å². The van der Waals surface area contributed by atoms with Gasteiger partial charge in [0.15, 0.2) is 0 Å². The van der Waals surface area contributed by atoms with Gasteiger partial charge in [-0.1, -0.05) is 13.8 Å². The molecule has 0 aliphatic rings. The Morgan fingerprint density at radius 1 is 0.943 bits per heavy atom. The van der Waals surface area contributed by atoms with Crippen LogP contribution in [0.1, 0.15) is 39.0 Å². The smallest absolute Gasteiger partial charge is 0.227 e. The Hall–Kier alpha value is -2.81. The topological polar surface area (TPSA) is 59.8 Å². The van der Waals surface area contributed by atoms with Gasteiger partial charge in [-0.05, 0) is 75.2 Å². The van der Waals surface area contributed by atoms with E-state index in [-0.39, 0.29) is 24.3 Å². The third kappa shape index (κ3) is 7.59. The second kappa shape index (κ2) is 12.2. The van der Waals surface area contributed by atoms with E-state index in [4.69, 9.17) is 9.47 Å². The van der Waals surface area contributed by atoms with Gasteiger partial charge in [0.25, 0.3) is 0 Å². The molecule has 1 N–H and O–H groups in total. The molecule has 0 aliphatic heterocycles. The summed E-state index contributed by atoms with van der Waals surface area (Å²) >= 11 is 0. The van der Waals surface area contributed by atoms with Gasteiger partial charge < -0.3 is 14.6 Å². The molecule has 1 aromatic heterocycles. The van der Waals surface area contributed by atoms with Crippen molar-refractivity contribution < 1.29 is 23.4 Å². The van der Waals surface area contributed by atoms with E-state index in [1.54, 1.807) is 28.9 Å². The van der Waals surface area contributed by atoms with Gasteiger partial charge in [0.2, 0.25) is 5.88 Å². The number of rotatable bonds is 12. The summed E-state index contributed by atoms with van der Waals surface area (Å²) in [6, 6.07) is 11.9. The first kappa shape index (κ1) is 26.8. The average Bonchev–Trinajstić information content (AvgIpc) is 3.10. The van der Waals surface area contributed by atoms with Crippen molar-refractivity contribution in [2.45, 2.75) is 53.3 Å². The molecule has 0 saturated carbocycles. The molecule has 8 heteroatoms. The number of nitrogens with zero attached hydrogens (tertiary/aromatic N) is 3. The minimum atomic E-state index is -0.648. The Morgan fingerprint density at radius 3 is 2.11 bits per heavy atom. The summed E-state index contributed by atoms with van der Waals surface area (Å²) in [5, 5.41) is 15.2. The molecular formula is C27H35F2N3O3. The summed E-state index contributed by atoms with van der Waals surface area (Å²) in [5.41, 5.74) is 2.20. The van der Waals surface area contributed by atoms with E-state index in [1.807, 2.05) is 6.92 Å². The second-order valence-electron chi connectivity index (χ2n) is 9.42. The van der Waals surface area contributed by atoms with Gasteiger partial charge in [-0.2, -0.15) is 5.10 Å². The minimum Gasteiger partial charge on any atom is -0.439 e. The van der Waals surface area contributed by atoms with Crippen LogP contribution in [-0.4, -0.2) is 51.7 Å². The molecule has 1 heterocycles. The van der Waals surface area contributed by atoms with E-state index in [1.165, 1.54) is 24.3 Å². The van der Waals surface area contributed by atoms with Crippen molar-refractivity contribution in [1.29, 1.82) is 0 Å². The number of aromatic nitrogens is 2. The van der Waals surface area contributed by atoms with Gasteiger partial charge in [-0.3, -0.25) is 4.90 Å². The normalized spacial score (nSPS) is 12.7. The quantitative estimate of drug-likeness (QED) is 0.366. The Balaban J connectivity index is 1.91. The number of aliphatic hydroxyl groups is 1. The van der Waals surface area contributed by atoms with Crippen LogP contribution in [0.4, 0.5) is 8.78 Å². The third-order valence-corrected chi connectivity index (χ3v) is 5.53. The van der Waals surface area contributed by atoms with E-state index in [0.29, 0.717) is 42.9 Å². The molecular weight excluding hydrogens is 452 g/mol. The first-order chi connectivity index (χ1) is 16.6. The number of hydrogen-bond acceptors (Lipinski definition) is 5. The lowest BCUT2D eigenvalue weighted by molar-refractivity contribution is 0.00161. The highest BCUT2D eigenvalue weighted by Crippen LogP contribution is 2.32. The summed E-state index contributed by atoms with van der Waals surface area (Å²) in [6.45, 7) is 11.9. The largest absolute Gasteiger partial charge is 0.439 e. The van der Waals surface area contributed by atoms with Crippen molar-refractivity contribution in [2.24, 2.45) is 5.92 Å². The molecule has 0 unspecified atom stereocenters. The molecule has 3 rings (SSSR count). The van der Waals surface area contributed by atoms with Gasteiger partial charge in [0.05, 0.1) is 29.7 Å². The predicted octanol–water partition coefficient (Wildman–Crippen LogP) is 5.50. The summed E-state index contributed by atoms with van der Waals surface area (Å²) in [4.78, 5) is 2.12. The van der Waals surface area contributed by atoms with Crippen molar-refractivity contribution >= 4 is 0 Å². The van der Waals surface area contributed by atoms with Crippen molar-refractivity contribution in [1.82, 2.24) is 14.7 Å². The van der Waals surface area contributed by atoms with Crippen LogP contribution in [0.25, 0.3) is 5.69 Å². The van der Waals surface area contributed by atoms with E-state index in [9.17, 15) is 13.9 Å². The average molecular weight is 488 g/mol. The lowest BCUT2D eigenvalue weighted by atomic mass is 10.2. The molecule has 0 bridgehead atoms. The summed E-state index contributed by atoms with van der Waals surface area (Å²) in [6.07, 6.45) is -0.648. The number of benzene rings is 2. The Bertz CT molecular complexity index is 1070. The summed E-state index contributed by atoms with van der Waals surface area (Å²) in [5.74, 6) is 0.597. The van der Waals surface area contributed by atoms with E-state index < -0.39 is 6.10 Å². The Morgan fingerprint density at radius 2 is 1.54 bits per heavy atom. The van der Waals surface area contributed by atoms with Crippen LogP contribution in [0.2, 0.25) is 0 Å². The highest BCUT2D eigenvalue weighted by atomic mass is 19.1. The Kier molecular flexibility index (Phi) is 9.37. The molecule has 35 heavy (non-hydrogen) atoms. The van der Waals surface area contributed by atoms with Gasteiger partial charge in [-0.25, -0.2) is 13.5 Å². The van der Waals surface area contributed by atoms with Crippen LogP contribution in [0.3, 0.4) is 0 Å². The molecule has 6 nitrogen and oxygen atoms in total. The maximum atomic E-state index is 13.6. The van der Waals surface area contributed by atoms with E-state index in [0.717, 1.165) is 11.3 Å². The molecule has 3 aromatic rings. The fourth-order valence-electron chi connectivity index (χ4n) is 3.62. The summed E-state index contributed by atoms with van der Waals surface area (Å²) < 4.78 is 40.4. The van der Waals surface area contributed by atoms with Crippen molar-refractivity contribution in [3.05, 3.63) is 71.4 Å². The van der Waals surface area contributed by atoms with Crippen LogP contribution in [0, 0.1) is 24.5 Å². The first-order valence-electron chi connectivity index (χ1n) is 11.9. The minimum absolute atomic E-state index is 0.127. The second-order valence-corrected chi connectivity index (χ2v) is 9.42. The zero-order valence-corrected chi connectivity index (χ0v) is 21.0. The zero-order valence-electron chi connectivity index (χ0n) is 21.0. The fraction of sp³-hybridized carbons (Fsp3) is 0.444. The maximum absolute atomic E-state index is 13.6. The van der Waals surface area contributed by atoms with Gasteiger partial charge in [0.1, 0.15) is 17.4 Å². The van der Waals surface area contributed by atoms with Gasteiger partial charge in [0, 0.05) is 25.7 Å². The SMILES string of the molecule is Cc1nn(-c2ccc(F)cc2)c(Oc2ccc(F)cc2)c1CN(C[C@@H](O)COCC(C)C)C(C)C. The van der Waals surface area contributed by atoms with Crippen LogP contribution in [0.15, 0.2) is 48.5 Å². The zero-order chi connectivity index (χ0) is 25.5. The van der Waals surface area contributed by atoms with Crippen molar-refractivity contribution in [3.8, 4) is 17.3 Å². The molecule has 1 atom stereocenters. The number of hydrogen-bond donors (Lipinski definition) is 1. The molecule has 190 valence electrons. The predicted molar refractivity (Wildman–Crippen MR) is 132 cm³/mol. The molecule has 0 fully saturated rings. The van der Waals surface area contributed by atoms with E-state index >= 15 is 0 Å². The first-order valence-corrected chi connectivity index (χ1v) is 11.9. The number of aliphatic hydroxyl groups excluding tert-OH is 1. The highest BCUT2D eigenvalue weighted by molar-refractivity contribution is 5.43. The standard InChI is InChI=1S/C27H35F2N3O3/c1-18(2)16-34-17-24(33)14-31(19(3)4)15-26-20(5)30-32(23-10-6-21(28)7-11-23)27(26)35-25-12-8-22(29)9-13-25/h6-13,18-19,24,33H,14-17H2,1-5H3/t24-/m1/s1. The summed E-state index contributed by atoms with van der Waals surface area (Å²) in [7, 11) is 0. The van der Waals surface area contributed by atoms with Crippen LogP contribution in [0.5, 0.6) is 11.6 Å². The molecule has 0 saturated heterocycles. The van der Waals surface area contributed by atoms with Crippen molar-refractivity contribution in [2.75, 3.05) is 19.8 Å². The highest BCUT2D eigenvalue weighted by Gasteiger charge is 2.24. The molecule has 0 radical (unpaired) electrons. The molecule has 0 aliphatic carbocycles. The van der Waals surface area contributed by atoms with Crippen LogP contribution < -0.4 is 4.74 Å². The van der Waals surface area contributed by atoms with Gasteiger partial charge >= 0.3 is 0 Å². The number of aryl methyl sites for hydroxylation is 1. The van der Waals surface area contributed by atoms with Crippen LogP contribution >= 0.6 is 0 Å². The number of ether oxygens (including phenoxy) is 2. The third-order valence-electron chi connectivity index (χ3n) is 5.53. The lowest BCUT2D eigenvalue weighted by Gasteiger charge is -2.29. The monoisotopic (exact) mass is 487 g/mol. The number of halogens is 2. The van der Waals surface area contributed by atoms with Crippen molar-refractivity contribution in [3.63, 3.8) is 0 Å². The fourth-order valence-corrected chi connectivity index (χ4v) is 3.62. The maximum Gasteiger partial charge on any atom is 0.227 e. The Labute approximate surface area is 206 Å². The van der Waals surface area contributed by atoms with Gasteiger partial charge in [-0.15, -0.1) is 0 Å². The molecule has 0 spiro atoms. The lowest BCUT2D eigenvalue weighted by Crippen LogP contribution is -2.39. The van der Waals surface area contributed by atoms with Crippen LogP contribution in [-0.2, 0) is 11.3 Å². The molecule has 2 aromatic carbocycles.